The predicted molar refractivity (Wildman–Crippen MR) is 598 cm³/mol. The molecule has 0 atom stereocenters. The second kappa shape index (κ2) is 109. The van der Waals surface area contributed by atoms with Crippen LogP contribution in [0.4, 0.5) is 0 Å². The van der Waals surface area contributed by atoms with Crippen molar-refractivity contribution in [1.29, 1.82) is 0 Å². The van der Waals surface area contributed by atoms with Gasteiger partial charge in [-0.25, -0.2) is 0 Å². The summed E-state index contributed by atoms with van der Waals surface area (Å²) in [5, 5.41) is 35.6. The van der Waals surface area contributed by atoms with Crippen LogP contribution < -0.4 is 15.3 Å². The van der Waals surface area contributed by atoms with Gasteiger partial charge in [-0.1, -0.05) is 674 Å². The first-order valence-electron chi connectivity index (χ1n) is 61.6. The van der Waals surface area contributed by atoms with Gasteiger partial charge < -0.3 is 29.7 Å². The molecule has 0 amide bonds. The zero-order chi connectivity index (χ0) is 97.4. The van der Waals surface area contributed by atoms with Crippen molar-refractivity contribution in [3.05, 3.63) is 105 Å². The summed E-state index contributed by atoms with van der Waals surface area (Å²) in [6.07, 6.45) is 137. The number of aryl methyl sites for hydroxylation is 3. The summed E-state index contributed by atoms with van der Waals surface area (Å²) in [6.45, 7) is 13.7. The molecule has 0 fully saturated rings. The topological polar surface area (TPSA) is 120 Å². The van der Waals surface area contributed by atoms with E-state index < -0.39 is 17.9 Å². The Balaban J connectivity index is 0.00000200. The van der Waals surface area contributed by atoms with Crippen molar-refractivity contribution in [2.24, 2.45) is 0 Å². The van der Waals surface area contributed by atoms with Crippen LogP contribution in [0.1, 0.15) is 722 Å². The average Bonchev–Trinajstić information content (AvgIpc) is 0.847. The smallest absolute Gasteiger partial charge is 0.545 e. The van der Waals surface area contributed by atoms with Gasteiger partial charge in [0.15, 0.2) is 0 Å². The number of hydrogen-bond donors (Lipinski definition) is 0. The first-order valence-corrected chi connectivity index (χ1v) is 61.6. The summed E-state index contributed by atoms with van der Waals surface area (Å²) in [6, 6.07) is 17.5. The van der Waals surface area contributed by atoms with Crippen LogP contribution in [0.5, 0.6) is 0 Å². The minimum atomic E-state index is -1.00. The zero-order valence-corrected chi connectivity index (χ0v) is 93.5. The fourth-order valence-corrected chi connectivity index (χ4v) is 21.2. The fourth-order valence-electron chi connectivity index (χ4n) is 21.2. The van der Waals surface area contributed by atoms with E-state index in [9.17, 15) is 29.7 Å². The van der Waals surface area contributed by atoms with E-state index in [1.54, 1.807) is 18.2 Å². The molecule has 0 bridgehead atoms. The van der Waals surface area contributed by atoms with Gasteiger partial charge >= 0.3 is 17.4 Å². The first-order chi connectivity index (χ1) is 66.6. The van der Waals surface area contributed by atoms with Crippen molar-refractivity contribution in [2.75, 3.05) is 0 Å². The number of carbonyl (C=O) groups excluding carboxylic acids is 3. The first kappa shape index (κ1) is 133. The normalized spacial score (nSPS) is 11.3. The van der Waals surface area contributed by atoms with Crippen LogP contribution in [0.15, 0.2) is 54.6 Å². The van der Waals surface area contributed by atoms with Gasteiger partial charge in [-0.05, 0) is 110 Å². The molecule has 0 radical (unpaired) electrons. The molecule has 0 aliphatic heterocycles. The average molecular weight is 1910 g/mol. The molecular weight excluding hydrogens is 1670 g/mol. The molecule has 7 heteroatoms. The van der Waals surface area contributed by atoms with Crippen molar-refractivity contribution in [1.82, 2.24) is 0 Å². The number of benzene rings is 3. The monoisotopic (exact) mass is 1900 g/mol. The SMILES string of the molecule is CCCCCCCCCCCCCCCCCCc1cccc(C(=O)[O-])c1CCCCCCCCCCCCCCCCCC.CCCCCCCCCCCCCCCCCCc1cccc(C(=O)[O-])c1CCCCCCCCCCCCCCCCCC.CCCCCCCCCCCCCCCCCCc1cccc(C(=O)[O-])c1CCCCCCCCCCCCCCCCCC.[Al+3]. The van der Waals surface area contributed by atoms with E-state index in [4.69, 9.17) is 0 Å². The summed E-state index contributed by atoms with van der Waals surface area (Å²) >= 11 is 0. The number of hydrogen-bond acceptors (Lipinski definition) is 6. The Labute approximate surface area is 860 Å². The van der Waals surface area contributed by atoms with Gasteiger partial charge in [0.2, 0.25) is 0 Å². The molecule has 0 unspecified atom stereocenters. The number of carboxylic acids is 3. The predicted octanol–water partition coefficient (Wildman–Crippen LogP) is 40.6. The number of rotatable bonds is 105. The summed E-state index contributed by atoms with van der Waals surface area (Å²) in [5.41, 5.74) is 8.24. The van der Waals surface area contributed by atoms with E-state index in [0.717, 1.165) is 74.5 Å². The van der Waals surface area contributed by atoms with E-state index >= 15 is 0 Å². The molecule has 0 saturated carbocycles. The summed E-state index contributed by atoms with van der Waals surface area (Å²) in [5.74, 6) is -3.01. The van der Waals surface area contributed by atoms with Crippen LogP contribution in [0.2, 0.25) is 0 Å². The van der Waals surface area contributed by atoms with Crippen molar-refractivity contribution < 1.29 is 29.7 Å². The Morgan fingerprint density at radius 1 is 0.147 bits per heavy atom. The molecule has 3 rings (SSSR count). The Morgan fingerprint density at radius 3 is 0.346 bits per heavy atom. The van der Waals surface area contributed by atoms with Gasteiger partial charge in [-0.3, -0.25) is 0 Å². The Bertz CT molecular complexity index is 2620. The van der Waals surface area contributed by atoms with Gasteiger partial charge in [0, 0.05) is 16.7 Å². The standard InChI is InChI=1S/3C43H78O2.Al/c3*1-3-5-7-9-11-13-15-17-19-21-23-25-27-29-31-33-36-40-37-35-39-42(43(44)45)41(40)38-34-32-30-28-26-24-22-20-18-16-14-12-10-8-6-4-2;/h3*35,37,39H,3-34,36,38H2,1-2H3,(H,44,45);/q;;;+3/p-3. The minimum absolute atomic E-state index is 0. The quantitative estimate of drug-likeness (QED) is 0.0410. The molecule has 6 nitrogen and oxygen atoms in total. The second-order valence-electron chi connectivity index (χ2n) is 43.0. The minimum Gasteiger partial charge on any atom is -0.545 e. The van der Waals surface area contributed by atoms with Crippen LogP contribution in [0.3, 0.4) is 0 Å². The molecule has 3 aromatic rings. The van der Waals surface area contributed by atoms with Crippen molar-refractivity contribution >= 4 is 35.3 Å². The zero-order valence-electron chi connectivity index (χ0n) is 92.3. The second-order valence-corrected chi connectivity index (χ2v) is 43.0. The number of unbranched alkanes of at least 4 members (excludes halogenated alkanes) is 90. The van der Waals surface area contributed by atoms with Gasteiger partial charge in [0.05, 0.1) is 17.9 Å². The largest absolute Gasteiger partial charge is 3.00 e. The molecule has 0 spiro atoms. The van der Waals surface area contributed by atoms with Crippen LogP contribution >= 0.6 is 0 Å². The Kier molecular flexibility index (Phi) is 106. The Hall–Kier alpha value is -3.40. The number of carboxylic acid groups (broad SMARTS) is 3. The van der Waals surface area contributed by atoms with E-state index in [1.165, 1.54) is 614 Å². The molecule has 0 aliphatic carbocycles. The van der Waals surface area contributed by atoms with Gasteiger partial charge in [-0.2, -0.15) is 0 Å². The van der Waals surface area contributed by atoms with Crippen LogP contribution in [0, 0.1) is 0 Å². The number of aromatic carboxylic acids is 3. The molecule has 0 N–H and O–H groups in total. The maximum absolute atomic E-state index is 11.9. The molecule has 3 aromatic carbocycles. The molecule has 0 heterocycles. The molecule has 0 aromatic heterocycles. The van der Waals surface area contributed by atoms with E-state index in [1.807, 2.05) is 18.2 Å². The Morgan fingerprint density at radius 2 is 0.243 bits per heavy atom. The summed E-state index contributed by atoms with van der Waals surface area (Å²) in [7, 11) is 0. The van der Waals surface area contributed by atoms with Crippen LogP contribution in [0.25, 0.3) is 0 Å². The third kappa shape index (κ3) is 87.2. The van der Waals surface area contributed by atoms with E-state index in [2.05, 4.69) is 59.7 Å². The van der Waals surface area contributed by atoms with Gasteiger partial charge in [0.1, 0.15) is 0 Å². The molecular formula is C129H231AlO6. The maximum atomic E-state index is 11.9. The fraction of sp³-hybridized carbons (Fsp3) is 0.837. The summed E-state index contributed by atoms with van der Waals surface area (Å²) < 4.78 is 0. The number of carbonyl (C=O) groups is 3. The van der Waals surface area contributed by atoms with E-state index in [0.29, 0.717) is 16.7 Å². The van der Waals surface area contributed by atoms with Crippen molar-refractivity contribution in [2.45, 2.75) is 696 Å². The molecule has 0 saturated heterocycles. The molecule has 136 heavy (non-hydrogen) atoms. The van der Waals surface area contributed by atoms with E-state index in [-0.39, 0.29) is 17.4 Å². The van der Waals surface area contributed by atoms with Crippen molar-refractivity contribution in [3.8, 4) is 0 Å². The summed E-state index contributed by atoms with van der Waals surface area (Å²) in [4.78, 5) is 35.6. The van der Waals surface area contributed by atoms with Gasteiger partial charge in [-0.15, -0.1) is 0 Å². The maximum Gasteiger partial charge on any atom is 3.00 e. The third-order valence-corrected chi connectivity index (χ3v) is 30.2. The molecule has 786 valence electrons. The van der Waals surface area contributed by atoms with Crippen molar-refractivity contribution in [3.63, 3.8) is 0 Å². The van der Waals surface area contributed by atoms with Crippen LogP contribution in [-0.4, -0.2) is 35.3 Å². The van der Waals surface area contributed by atoms with Crippen LogP contribution in [-0.2, 0) is 38.5 Å². The third-order valence-electron chi connectivity index (χ3n) is 30.2. The van der Waals surface area contributed by atoms with Gasteiger partial charge in [0.25, 0.3) is 0 Å². The molecule has 0 aliphatic rings.